The Balaban J connectivity index is 1.60. The van der Waals surface area contributed by atoms with E-state index < -0.39 is 35.2 Å². The lowest BCUT2D eigenvalue weighted by Gasteiger charge is -2.48. The molecular formula is C26H32N4O5. The van der Waals surface area contributed by atoms with Crippen molar-refractivity contribution in [3.63, 3.8) is 0 Å². The Kier molecular flexibility index (Phi) is 7.94. The highest BCUT2D eigenvalue weighted by Crippen LogP contribution is 2.36. The first-order valence-corrected chi connectivity index (χ1v) is 11.6. The van der Waals surface area contributed by atoms with Crippen LogP contribution in [0.15, 0.2) is 76.4 Å². The van der Waals surface area contributed by atoms with Crippen molar-refractivity contribution >= 4 is 0 Å². The second kappa shape index (κ2) is 11.1. The van der Waals surface area contributed by atoms with Crippen molar-refractivity contribution in [2.45, 2.75) is 50.5 Å². The van der Waals surface area contributed by atoms with E-state index in [0.717, 1.165) is 11.1 Å². The van der Waals surface area contributed by atoms with Gasteiger partial charge < -0.3 is 25.7 Å². The number of ether oxygens (including phenoxy) is 3. The summed E-state index contributed by atoms with van der Waals surface area (Å²) < 4.78 is 20.1. The quantitative estimate of drug-likeness (QED) is 0.423. The minimum atomic E-state index is -1.06. The maximum absolute atomic E-state index is 12.6. The van der Waals surface area contributed by atoms with Crippen LogP contribution in [0, 0.1) is 6.92 Å². The molecule has 9 heteroatoms. The zero-order chi connectivity index (χ0) is 24.8. The zero-order valence-corrected chi connectivity index (χ0v) is 19.8. The Labute approximate surface area is 203 Å². The van der Waals surface area contributed by atoms with E-state index in [1.807, 2.05) is 60.7 Å². The zero-order valence-electron chi connectivity index (χ0n) is 19.8. The predicted octanol–water partition coefficient (Wildman–Crippen LogP) is 1.59. The molecule has 1 aliphatic rings. The van der Waals surface area contributed by atoms with Gasteiger partial charge in [0.1, 0.15) is 5.60 Å². The van der Waals surface area contributed by atoms with Crippen molar-refractivity contribution in [2.24, 2.45) is 11.5 Å². The number of aryl methyl sites for hydroxylation is 1. The van der Waals surface area contributed by atoms with Crippen LogP contribution in [-0.2, 0) is 27.4 Å². The van der Waals surface area contributed by atoms with Crippen LogP contribution < -0.4 is 22.7 Å². The van der Waals surface area contributed by atoms with Crippen LogP contribution in [0.2, 0.25) is 0 Å². The van der Waals surface area contributed by atoms with Gasteiger partial charge in [-0.15, -0.1) is 0 Å². The van der Waals surface area contributed by atoms with Gasteiger partial charge in [0.05, 0.1) is 32.0 Å². The molecule has 3 aromatic rings. The van der Waals surface area contributed by atoms with Gasteiger partial charge in [0, 0.05) is 18.3 Å². The third-order valence-corrected chi connectivity index (χ3v) is 6.31. The molecule has 4 atom stereocenters. The molecule has 0 amide bonds. The van der Waals surface area contributed by atoms with Crippen molar-refractivity contribution in [1.29, 1.82) is 0 Å². The fourth-order valence-corrected chi connectivity index (χ4v) is 4.29. The monoisotopic (exact) mass is 480 g/mol. The number of nitrogens with two attached hydrogens (primary N) is 2. The highest BCUT2D eigenvalue weighted by Gasteiger charge is 2.49. The molecule has 0 saturated carbocycles. The molecule has 2 aromatic carbocycles. The summed E-state index contributed by atoms with van der Waals surface area (Å²) in [6, 6.07) is 19.0. The third-order valence-electron chi connectivity index (χ3n) is 6.31. The van der Waals surface area contributed by atoms with Crippen molar-refractivity contribution in [3.05, 3.63) is 104 Å². The second-order valence-electron chi connectivity index (χ2n) is 8.92. The molecule has 2 unspecified atom stereocenters. The lowest BCUT2D eigenvalue weighted by Crippen LogP contribution is -2.64. The number of nitrogens with zero attached hydrogens (tertiary/aromatic N) is 1. The topological polar surface area (TPSA) is 135 Å². The van der Waals surface area contributed by atoms with Gasteiger partial charge in [0.15, 0.2) is 6.23 Å². The number of rotatable bonds is 9. The minimum Gasteiger partial charge on any atom is -0.374 e. The summed E-state index contributed by atoms with van der Waals surface area (Å²) in [6.45, 7) is 2.56. The van der Waals surface area contributed by atoms with Crippen LogP contribution >= 0.6 is 0 Å². The molecule has 0 aliphatic carbocycles. The summed E-state index contributed by atoms with van der Waals surface area (Å²) in [5, 5.41) is 0. The Bertz CT molecular complexity index is 1210. The smallest absolute Gasteiger partial charge is 0.330 e. The first-order chi connectivity index (χ1) is 16.9. The summed E-state index contributed by atoms with van der Waals surface area (Å²) in [7, 11) is 0. The molecule has 1 aromatic heterocycles. The molecular weight excluding hydrogens is 448 g/mol. The summed E-state index contributed by atoms with van der Waals surface area (Å²) >= 11 is 0. The van der Waals surface area contributed by atoms with E-state index in [0.29, 0.717) is 25.2 Å². The number of benzene rings is 2. The lowest BCUT2D eigenvalue weighted by molar-refractivity contribution is -0.250. The largest absolute Gasteiger partial charge is 0.374 e. The van der Waals surface area contributed by atoms with Crippen molar-refractivity contribution in [3.8, 4) is 0 Å². The van der Waals surface area contributed by atoms with Crippen LogP contribution in [-0.4, -0.2) is 40.4 Å². The average Bonchev–Trinajstić information content (AvgIpc) is 2.87. The number of aromatic nitrogens is 2. The first-order valence-electron chi connectivity index (χ1n) is 11.6. The van der Waals surface area contributed by atoms with E-state index in [9.17, 15) is 9.59 Å². The van der Waals surface area contributed by atoms with Gasteiger partial charge in [-0.1, -0.05) is 60.7 Å². The number of hydrogen-bond acceptors (Lipinski definition) is 7. The van der Waals surface area contributed by atoms with E-state index in [1.165, 1.54) is 10.8 Å². The van der Waals surface area contributed by atoms with Crippen molar-refractivity contribution in [2.75, 3.05) is 13.2 Å². The van der Waals surface area contributed by atoms with Gasteiger partial charge in [-0.3, -0.25) is 14.3 Å². The number of nitrogens with one attached hydrogen (secondary N) is 1. The van der Waals surface area contributed by atoms with Gasteiger partial charge >= 0.3 is 5.69 Å². The van der Waals surface area contributed by atoms with Crippen molar-refractivity contribution < 1.29 is 14.2 Å². The highest BCUT2D eigenvalue weighted by atomic mass is 16.6. The van der Waals surface area contributed by atoms with Crippen LogP contribution in [0.3, 0.4) is 0 Å². The highest BCUT2D eigenvalue weighted by molar-refractivity contribution is 5.15. The molecule has 1 fully saturated rings. The molecule has 0 spiro atoms. The first kappa shape index (κ1) is 25.0. The summed E-state index contributed by atoms with van der Waals surface area (Å²) in [4.78, 5) is 26.8. The maximum atomic E-state index is 12.6. The van der Waals surface area contributed by atoms with Crippen LogP contribution in [0.4, 0.5) is 0 Å². The number of aromatic amines is 1. The minimum absolute atomic E-state index is 0.0849. The van der Waals surface area contributed by atoms with Crippen molar-refractivity contribution in [1.82, 2.24) is 9.55 Å². The molecule has 5 N–H and O–H groups in total. The molecule has 1 aliphatic heterocycles. The van der Waals surface area contributed by atoms with E-state index in [-0.39, 0.29) is 13.2 Å². The second-order valence-corrected chi connectivity index (χ2v) is 8.92. The molecule has 4 rings (SSSR count). The van der Waals surface area contributed by atoms with E-state index >= 15 is 0 Å². The number of H-pyrrole nitrogens is 1. The van der Waals surface area contributed by atoms with Crippen LogP contribution in [0.1, 0.15) is 29.3 Å². The molecule has 2 heterocycles. The summed E-state index contributed by atoms with van der Waals surface area (Å²) in [6.07, 6.45) is 0.518. The fourth-order valence-electron chi connectivity index (χ4n) is 4.29. The summed E-state index contributed by atoms with van der Waals surface area (Å²) in [5.74, 6) is 0. The van der Waals surface area contributed by atoms with E-state index in [2.05, 4.69) is 4.98 Å². The lowest BCUT2D eigenvalue weighted by atomic mass is 9.87. The van der Waals surface area contributed by atoms with Crippen LogP contribution in [0.5, 0.6) is 0 Å². The normalized spacial score (nSPS) is 24.4. The molecule has 0 bridgehead atoms. The summed E-state index contributed by atoms with van der Waals surface area (Å²) in [5.41, 5.74) is 13.1. The maximum Gasteiger partial charge on any atom is 0.330 e. The predicted molar refractivity (Wildman–Crippen MR) is 132 cm³/mol. The standard InChI is InChI=1S/C26H32N4O5/c1-18-13-30(25(32)29-23(18)31)24-21(28)12-22(34-15-20-10-6-3-7-11-20)26(16-27,35-24)17-33-14-19-8-4-2-5-9-19/h2-11,13,21-22,24H,12,14-17,27-28H2,1H3,(H,29,31,32)/t21?,22?,24-,26-/m1/s1. The Morgan fingerprint density at radius 3 is 2.31 bits per heavy atom. The Hall–Kier alpha value is -3.08. The van der Waals surface area contributed by atoms with E-state index in [1.54, 1.807) is 6.92 Å². The van der Waals surface area contributed by atoms with Crippen LogP contribution in [0.25, 0.3) is 0 Å². The van der Waals surface area contributed by atoms with Gasteiger partial charge in [-0.2, -0.15) is 0 Å². The Morgan fingerprint density at radius 2 is 1.69 bits per heavy atom. The van der Waals surface area contributed by atoms with Gasteiger partial charge in [0.25, 0.3) is 5.56 Å². The molecule has 1 saturated heterocycles. The van der Waals surface area contributed by atoms with Gasteiger partial charge in [-0.05, 0) is 24.5 Å². The average molecular weight is 481 g/mol. The molecule has 0 radical (unpaired) electrons. The van der Waals surface area contributed by atoms with E-state index in [4.69, 9.17) is 25.7 Å². The SMILES string of the molecule is Cc1cn([C@@H]2O[C@](CN)(COCc3ccccc3)C(OCc3ccccc3)CC2N)c(=O)[nH]c1=O. The molecule has 186 valence electrons. The fraction of sp³-hybridized carbons (Fsp3) is 0.385. The molecule has 9 nitrogen and oxygen atoms in total. The molecule has 35 heavy (non-hydrogen) atoms. The van der Waals surface area contributed by atoms with Gasteiger partial charge in [-0.25, -0.2) is 4.79 Å². The third kappa shape index (κ3) is 5.77. The number of hydrogen-bond donors (Lipinski definition) is 3. The van der Waals surface area contributed by atoms with Gasteiger partial charge in [0.2, 0.25) is 0 Å². The Morgan fingerprint density at radius 1 is 1.06 bits per heavy atom.